The van der Waals surface area contributed by atoms with Gasteiger partial charge in [0.2, 0.25) is 0 Å². The van der Waals surface area contributed by atoms with Crippen LogP contribution in [0.1, 0.15) is 22.3 Å². The van der Waals surface area contributed by atoms with Gasteiger partial charge < -0.3 is 5.32 Å². The summed E-state index contributed by atoms with van der Waals surface area (Å²) in [5, 5.41) is 3.50. The molecular formula is C16H16Br3N. The van der Waals surface area contributed by atoms with Crippen molar-refractivity contribution in [3.05, 3.63) is 59.9 Å². The van der Waals surface area contributed by atoms with Crippen molar-refractivity contribution in [2.75, 3.05) is 5.32 Å². The highest BCUT2D eigenvalue weighted by Crippen LogP contribution is 2.34. The number of benzene rings is 2. The number of rotatable bonds is 3. The fraction of sp³-hybridized carbons (Fsp3) is 0.250. The van der Waals surface area contributed by atoms with E-state index >= 15 is 0 Å². The first-order valence-electron chi connectivity index (χ1n) is 6.33. The van der Waals surface area contributed by atoms with E-state index in [4.69, 9.17) is 0 Å². The molecule has 1 N–H and O–H groups in total. The second-order valence-electron chi connectivity index (χ2n) is 4.96. The molecule has 106 valence electrons. The number of hydrogen-bond acceptors (Lipinski definition) is 1. The van der Waals surface area contributed by atoms with Crippen LogP contribution in [0.3, 0.4) is 0 Å². The number of hydrogen-bond donors (Lipinski definition) is 1. The molecule has 0 aliphatic rings. The van der Waals surface area contributed by atoms with Crippen molar-refractivity contribution in [3.63, 3.8) is 0 Å². The molecule has 0 spiro atoms. The van der Waals surface area contributed by atoms with Crippen molar-refractivity contribution >= 4 is 53.5 Å². The largest absolute Gasteiger partial charge is 0.379 e. The van der Waals surface area contributed by atoms with Crippen LogP contribution >= 0.6 is 47.8 Å². The molecule has 0 unspecified atom stereocenters. The summed E-state index contributed by atoms with van der Waals surface area (Å²) in [6, 6.07) is 8.59. The average molecular weight is 462 g/mol. The molecule has 1 nitrogen and oxygen atoms in total. The molecule has 2 aromatic rings. The van der Waals surface area contributed by atoms with Crippen molar-refractivity contribution in [2.45, 2.75) is 27.3 Å². The van der Waals surface area contributed by atoms with E-state index in [2.05, 4.69) is 86.0 Å². The second-order valence-corrected chi connectivity index (χ2v) is 7.59. The monoisotopic (exact) mass is 459 g/mol. The van der Waals surface area contributed by atoms with Gasteiger partial charge in [0.25, 0.3) is 0 Å². The highest BCUT2D eigenvalue weighted by Gasteiger charge is 2.08. The average Bonchev–Trinajstić information content (AvgIpc) is 2.33. The van der Waals surface area contributed by atoms with Crippen LogP contribution in [0.25, 0.3) is 0 Å². The SMILES string of the molecule is Cc1cc(C)c(CNc2c(Br)cc(Br)cc2Br)cc1C. The Morgan fingerprint density at radius 2 is 1.35 bits per heavy atom. The lowest BCUT2D eigenvalue weighted by atomic mass is 10.0. The zero-order valence-corrected chi connectivity index (χ0v) is 16.4. The summed E-state index contributed by atoms with van der Waals surface area (Å²) >= 11 is 10.7. The predicted octanol–water partition coefficient (Wildman–Crippen LogP) is 6.51. The summed E-state index contributed by atoms with van der Waals surface area (Å²) < 4.78 is 3.13. The lowest BCUT2D eigenvalue weighted by molar-refractivity contribution is 1.09. The fourth-order valence-corrected chi connectivity index (χ4v) is 4.64. The number of anilines is 1. The Morgan fingerprint density at radius 1 is 0.800 bits per heavy atom. The van der Waals surface area contributed by atoms with Crippen molar-refractivity contribution in [2.24, 2.45) is 0 Å². The highest BCUT2D eigenvalue weighted by molar-refractivity contribution is 9.11. The molecule has 0 amide bonds. The molecule has 0 saturated carbocycles. The zero-order chi connectivity index (χ0) is 14.9. The normalized spacial score (nSPS) is 10.7. The first-order chi connectivity index (χ1) is 9.38. The third-order valence-corrected chi connectivity index (χ3v) is 5.12. The zero-order valence-electron chi connectivity index (χ0n) is 11.7. The lowest BCUT2D eigenvalue weighted by Crippen LogP contribution is -2.03. The molecular weight excluding hydrogens is 446 g/mol. The van der Waals surface area contributed by atoms with Crippen LogP contribution in [-0.2, 0) is 6.54 Å². The predicted molar refractivity (Wildman–Crippen MR) is 97.5 cm³/mol. The third-order valence-electron chi connectivity index (χ3n) is 3.41. The van der Waals surface area contributed by atoms with E-state index in [0.29, 0.717) is 0 Å². The molecule has 0 radical (unpaired) electrons. The van der Waals surface area contributed by atoms with Crippen LogP contribution in [0, 0.1) is 20.8 Å². The van der Waals surface area contributed by atoms with E-state index in [1.54, 1.807) is 0 Å². The van der Waals surface area contributed by atoms with Crippen molar-refractivity contribution in [1.29, 1.82) is 0 Å². The van der Waals surface area contributed by atoms with Gasteiger partial charge in [-0.1, -0.05) is 28.1 Å². The molecule has 2 aromatic carbocycles. The molecule has 2 rings (SSSR count). The Hall–Kier alpha value is -0.320. The minimum Gasteiger partial charge on any atom is -0.379 e. The van der Waals surface area contributed by atoms with Crippen molar-refractivity contribution < 1.29 is 0 Å². The van der Waals surface area contributed by atoms with Gasteiger partial charge in [0.15, 0.2) is 0 Å². The van der Waals surface area contributed by atoms with Crippen LogP contribution in [-0.4, -0.2) is 0 Å². The first-order valence-corrected chi connectivity index (χ1v) is 8.71. The maximum absolute atomic E-state index is 3.59. The molecule has 4 heteroatoms. The third kappa shape index (κ3) is 3.66. The van der Waals surface area contributed by atoms with Crippen molar-refractivity contribution in [1.82, 2.24) is 0 Å². The van der Waals surface area contributed by atoms with Gasteiger partial charge in [-0.05, 0) is 87.0 Å². The van der Waals surface area contributed by atoms with E-state index in [0.717, 1.165) is 25.7 Å². The highest BCUT2D eigenvalue weighted by atomic mass is 79.9. The number of nitrogens with one attached hydrogen (secondary N) is 1. The maximum Gasteiger partial charge on any atom is 0.0632 e. The van der Waals surface area contributed by atoms with Crippen LogP contribution in [0.2, 0.25) is 0 Å². The van der Waals surface area contributed by atoms with Gasteiger partial charge in [0.1, 0.15) is 0 Å². The first kappa shape index (κ1) is 16.1. The Balaban J connectivity index is 2.23. The van der Waals surface area contributed by atoms with Gasteiger partial charge in [-0.15, -0.1) is 0 Å². The van der Waals surface area contributed by atoms with Gasteiger partial charge >= 0.3 is 0 Å². The number of halogens is 3. The Labute approximate surface area is 145 Å². The molecule has 0 saturated heterocycles. The van der Waals surface area contributed by atoms with E-state index in [-0.39, 0.29) is 0 Å². The summed E-state index contributed by atoms with van der Waals surface area (Å²) in [4.78, 5) is 0. The summed E-state index contributed by atoms with van der Waals surface area (Å²) in [5.74, 6) is 0. The van der Waals surface area contributed by atoms with Gasteiger partial charge in [-0.25, -0.2) is 0 Å². The summed E-state index contributed by atoms with van der Waals surface area (Å²) in [7, 11) is 0. The van der Waals surface area contributed by atoms with Crippen LogP contribution in [0.4, 0.5) is 5.69 Å². The van der Waals surface area contributed by atoms with E-state index in [1.807, 2.05) is 12.1 Å². The van der Waals surface area contributed by atoms with E-state index in [9.17, 15) is 0 Å². The Kier molecular flexibility index (Phi) is 5.32. The van der Waals surface area contributed by atoms with Crippen molar-refractivity contribution in [3.8, 4) is 0 Å². The summed E-state index contributed by atoms with van der Waals surface area (Å²) in [6.07, 6.45) is 0. The number of aryl methyl sites for hydroxylation is 3. The topological polar surface area (TPSA) is 12.0 Å². The van der Waals surface area contributed by atoms with Gasteiger partial charge in [-0.3, -0.25) is 0 Å². The molecule has 0 bridgehead atoms. The van der Waals surface area contributed by atoms with Gasteiger partial charge in [0, 0.05) is 20.0 Å². The van der Waals surface area contributed by atoms with Gasteiger partial charge in [-0.2, -0.15) is 0 Å². The smallest absolute Gasteiger partial charge is 0.0632 e. The molecule has 0 aliphatic carbocycles. The van der Waals surface area contributed by atoms with E-state index < -0.39 is 0 Å². The Bertz CT molecular complexity index is 627. The molecule has 0 heterocycles. The molecule has 0 fully saturated rings. The summed E-state index contributed by atoms with van der Waals surface area (Å²) in [5.41, 5.74) is 6.41. The fourth-order valence-electron chi connectivity index (χ4n) is 2.11. The van der Waals surface area contributed by atoms with Crippen LogP contribution < -0.4 is 5.32 Å². The van der Waals surface area contributed by atoms with Gasteiger partial charge in [0.05, 0.1) is 5.69 Å². The van der Waals surface area contributed by atoms with E-state index in [1.165, 1.54) is 22.3 Å². The van der Waals surface area contributed by atoms with Crippen LogP contribution in [0.15, 0.2) is 37.7 Å². The molecule has 0 aromatic heterocycles. The molecule has 20 heavy (non-hydrogen) atoms. The molecule has 0 aliphatic heterocycles. The second kappa shape index (κ2) is 6.63. The standard InChI is InChI=1S/C16H16Br3N/c1-9-4-11(3)12(5-10(9)2)8-20-16-14(18)6-13(17)7-15(16)19/h4-7,20H,8H2,1-3H3. The summed E-state index contributed by atoms with van der Waals surface area (Å²) in [6.45, 7) is 7.28. The lowest BCUT2D eigenvalue weighted by Gasteiger charge is -2.14. The maximum atomic E-state index is 3.59. The minimum absolute atomic E-state index is 0.811. The Morgan fingerprint density at radius 3 is 1.95 bits per heavy atom. The molecule has 0 atom stereocenters. The minimum atomic E-state index is 0.811. The van der Waals surface area contributed by atoms with Crippen LogP contribution in [0.5, 0.6) is 0 Å². The quantitative estimate of drug-likeness (QED) is 0.549.